The Morgan fingerprint density at radius 1 is 1.05 bits per heavy atom. The molecule has 2 aromatic carbocycles. The van der Waals surface area contributed by atoms with E-state index in [0.717, 1.165) is 11.1 Å². The summed E-state index contributed by atoms with van der Waals surface area (Å²) >= 11 is 0. The SMILES string of the molecule is C=C=CC(C(=O)O)N(Cc1ccccc1)Cc1ccccc1. The number of carbonyl (C=O) groups is 1. The Balaban J connectivity index is 2.26. The molecule has 112 valence electrons. The molecular formula is C19H19NO2. The van der Waals surface area contributed by atoms with E-state index in [1.54, 1.807) is 0 Å². The van der Waals surface area contributed by atoms with Crippen molar-refractivity contribution in [2.24, 2.45) is 0 Å². The van der Waals surface area contributed by atoms with Crippen LogP contribution in [0.15, 0.2) is 79.0 Å². The third-order valence-corrected chi connectivity index (χ3v) is 3.38. The predicted molar refractivity (Wildman–Crippen MR) is 87.3 cm³/mol. The molecule has 0 aliphatic heterocycles. The van der Waals surface area contributed by atoms with E-state index in [0.29, 0.717) is 13.1 Å². The summed E-state index contributed by atoms with van der Waals surface area (Å²) in [7, 11) is 0. The van der Waals surface area contributed by atoms with Gasteiger partial charge < -0.3 is 5.11 Å². The fraction of sp³-hybridized carbons (Fsp3) is 0.158. The van der Waals surface area contributed by atoms with Crippen molar-refractivity contribution in [2.45, 2.75) is 19.1 Å². The highest BCUT2D eigenvalue weighted by atomic mass is 16.4. The van der Waals surface area contributed by atoms with Crippen molar-refractivity contribution in [3.8, 4) is 0 Å². The molecule has 1 unspecified atom stereocenters. The van der Waals surface area contributed by atoms with Gasteiger partial charge in [-0.2, -0.15) is 0 Å². The second-order valence-corrected chi connectivity index (χ2v) is 5.03. The highest BCUT2D eigenvalue weighted by molar-refractivity contribution is 5.75. The molecule has 1 atom stereocenters. The highest BCUT2D eigenvalue weighted by Gasteiger charge is 2.23. The molecule has 0 radical (unpaired) electrons. The van der Waals surface area contributed by atoms with E-state index in [2.05, 4.69) is 12.3 Å². The minimum atomic E-state index is -0.900. The van der Waals surface area contributed by atoms with E-state index >= 15 is 0 Å². The Labute approximate surface area is 130 Å². The lowest BCUT2D eigenvalue weighted by Crippen LogP contribution is -2.38. The largest absolute Gasteiger partial charge is 0.480 e. The zero-order valence-corrected chi connectivity index (χ0v) is 12.4. The van der Waals surface area contributed by atoms with Gasteiger partial charge >= 0.3 is 5.97 Å². The summed E-state index contributed by atoms with van der Waals surface area (Å²) in [5, 5.41) is 9.49. The minimum absolute atomic E-state index is 0.547. The van der Waals surface area contributed by atoms with Crippen LogP contribution < -0.4 is 0 Å². The van der Waals surface area contributed by atoms with E-state index in [1.807, 2.05) is 65.6 Å². The molecular weight excluding hydrogens is 274 g/mol. The number of hydrogen-bond donors (Lipinski definition) is 1. The first-order valence-corrected chi connectivity index (χ1v) is 7.11. The molecule has 0 saturated heterocycles. The maximum atomic E-state index is 11.6. The van der Waals surface area contributed by atoms with Gasteiger partial charge in [-0.15, -0.1) is 5.73 Å². The molecule has 0 aliphatic carbocycles. The maximum absolute atomic E-state index is 11.6. The number of aliphatic carboxylic acids is 1. The van der Waals surface area contributed by atoms with Crippen molar-refractivity contribution < 1.29 is 9.90 Å². The summed E-state index contributed by atoms with van der Waals surface area (Å²) in [5.74, 6) is -0.900. The number of benzene rings is 2. The van der Waals surface area contributed by atoms with Crippen molar-refractivity contribution in [2.75, 3.05) is 0 Å². The van der Waals surface area contributed by atoms with Gasteiger partial charge in [0.2, 0.25) is 0 Å². The molecule has 2 rings (SSSR count). The third kappa shape index (κ3) is 4.45. The fourth-order valence-electron chi connectivity index (χ4n) is 2.33. The monoisotopic (exact) mass is 293 g/mol. The van der Waals surface area contributed by atoms with Crippen molar-refractivity contribution >= 4 is 5.97 Å². The van der Waals surface area contributed by atoms with Crippen LogP contribution >= 0.6 is 0 Å². The number of carboxylic acids is 1. The van der Waals surface area contributed by atoms with Crippen molar-refractivity contribution in [1.29, 1.82) is 0 Å². The van der Waals surface area contributed by atoms with Crippen LogP contribution in [0.3, 0.4) is 0 Å². The standard InChI is InChI=1S/C19H19NO2/c1-2-9-18(19(21)22)20(14-16-10-5-3-6-11-16)15-17-12-7-4-8-13-17/h3-13,18H,1,14-15H2,(H,21,22). The van der Waals surface area contributed by atoms with Crippen LogP contribution in [0.1, 0.15) is 11.1 Å². The second-order valence-electron chi connectivity index (χ2n) is 5.03. The van der Waals surface area contributed by atoms with Crippen molar-refractivity contribution in [1.82, 2.24) is 4.90 Å². The topological polar surface area (TPSA) is 40.5 Å². The Morgan fingerprint density at radius 2 is 1.50 bits per heavy atom. The molecule has 0 heterocycles. The molecule has 22 heavy (non-hydrogen) atoms. The summed E-state index contributed by atoms with van der Waals surface area (Å²) in [5.41, 5.74) is 4.75. The molecule has 0 fully saturated rings. The van der Waals surface area contributed by atoms with E-state index in [1.165, 1.54) is 6.08 Å². The molecule has 0 bridgehead atoms. The van der Waals surface area contributed by atoms with Crippen LogP contribution in [0.5, 0.6) is 0 Å². The van der Waals surface area contributed by atoms with Gasteiger partial charge in [0, 0.05) is 13.1 Å². The van der Waals surface area contributed by atoms with E-state index < -0.39 is 12.0 Å². The van der Waals surface area contributed by atoms with Gasteiger partial charge in [-0.3, -0.25) is 9.69 Å². The highest BCUT2D eigenvalue weighted by Crippen LogP contribution is 2.14. The lowest BCUT2D eigenvalue weighted by atomic mass is 10.1. The number of hydrogen-bond acceptors (Lipinski definition) is 2. The van der Waals surface area contributed by atoms with E-state index in [4.69, 9.17) is 0 Å². The normalized spacial score (nSPS) is 11.7. The zero-order chi connectivity index (χ0) is 15.8. The minimum Gasteiger partial charge on any atom is -0.480 e. The third-order valence-electron chi connectivity index (χ3n) is 3.38. The lowest BCUT2D eigenvalue weighted by molar-refractivity contribution is -0.141. The molecule has 1 N–H and O–H groups in total. The van der Waals surface area contributed by atoms with Crippen LogP contribution in [-0.4, -0.2) is 22.0 Å². The predicted octanol–water partition coefficient (Wildman–Crippen LogP) is 3.48. The smallest absolute Gasteiger partial charge is 0.325 e. The molecule has 0 spiro atoms. The first-order chi connectivity index (χ1) is 10.7. The van der Waals surface area contributed by atoms with Gasteiger partial charge in [-0.1, -0.05) is 67.2 Å². The van der Waals surface area contributed by atoms with Crippen LogP contribution in [0.4, 0.5) is 0 Å². The number of nitrogens with zero attached hydrogens (tertiary/aromatic N) is 1. The first-order valence-electron chi connectivity index (χ1n) is 7.11. The van der Waals surface area contributed by atoms with E-state index in [9.17, 15) is 9.90 Å². The average Bonchev–Trinajstić information content (AvgIpc) is 2.54. The van der Waals surface area contributed by atoms with Gasteiger partial charge in [0.1, 0.15) is 6.04 Å². The summed E-state index contributed by atoms with van der Waals surface area (Å²) in [6, 6.07) is 18.9. The molecule has 0 aromatic heterocycles. The summed E-state index contributed by atoms with van der Waals surface area (Å²) in [6.45, 7) is 4.60. The summed E-state index contributed by atoms with van der Waals surface area (Å²) < 4.78 is 0. The van der Waals surface area contributed by atoms with Crippen molar-refractivity contribution in [3.05, 3.63) is 90.2 Å². The van der Waals surface area contributed by atoms with Crippen LogP contribution in [0, 0.1) is 0 Å². The van der Waals surface area contributed by atoms with Crippen LogP contribution in [-0.2, 0) is 17.9 Å². The molecule has 0 saturated carbocycles. The lowest BCUT2D eigenvalue weighted by Gasteiger charge is -2.26. The Bertz CT molecular complexity index is 602. The van der Waals surface area contributed by atoms with Gasteiger partial charge in [0.25, 0.3) is 0 Å². The van der Waals surface area contributed by atoms with Crippen LogP contribution in [0.2, 0.25) is 0 Å². The van der Waals surface area contributed by atoms with Gasteiger partial charge in [0.05, 0.1) is 0 Å². The Morgan fingerprint density at radius 3 is 1.86 bits per heavy atom. The summed E-state index contributed by atoms with van der Waals surface area (Å²) in [4.78, 5) is 13.5. The first kappa shape index (κ1) is 15.8. The average molecular weight is 293 g/mol. The molecule has 0 amide bonds. The molecule has 3 nitrogen and oxygen atoms in total. The van der Waals surface area contributed by atoms with Crippen LogP contribution in [0.25, 0.3) is 0 Å². The van der Waals surface area contributed by atoms with Gasteiger partial charge in [0.15, 0.2) is 0 Å². The maximum Gasteiger partial charge on any atom is 0.325 e. The molecule has 3 heteroatoms. The van der Waals surface area contributed by atoms with E-state index in [-0.39, 0.29) is 0 Å². The number of rotatable bonds is 7. The van der Waals surface area contributed by atoms with Gasteiger partial charge in [-0.05, 0) is 17.2 Å². The van der Waals surface area contributed by atoms with Crippen molar-refractivity contribution in [3.63, 3.8) is 0 Å². The number of carboxylic acid groups (broad SMARTS) is 1. The zero-order valence-electron chi connectivity index (χ0n) is 12.4. The quantitative estimate of drug-likeness (QED) is 0.795. The molecule has 2 aromatic rings. The fourth-order valence-corrected chi connectivity index (χ4v) is 2.33. The summed E-state index contributed by atoms with van der Waals surface area (Å²) in [6.07, 6.45) is 1.49. The second kappa shape index (κ2) is 7.99. The Kier molecular flexibility index (Phi) is 5.73. The Hall–Kier alpha value is -2.61. The van der Waals surface area contributed by atoms with Gasteiger partial charge in [-0.25, -0.2) is 0 Å². The molecule has 0 aliphatic rings.